The summed E-state index contributed by atoms with van der Waals surface area (Å²) < 4.78 is 5.22. The van der Waals surface area contributed by atoms with Gasteiger partial charge in [0, 0.05) is 0 Å². The number of carboxylic acids is 1. The second-order valence-corrected chi connectivity index (χ2v) is 6.26. The van der Waals surface area contributed by atoms with Gasteiger partial charge in [0.15, 0.2) is 0 Å². The molecule has 132 valence electrons. The summed E-state index contributed by atoms with van der Waals surface area (Å²) in [7, 11) is 1.55. The molecule has 0 aromatic heterocycles. The summed E-state index contributed by atoms with van der Waals surface area (Å²) in [5.41, 5.74) is 0.520. The van der Waals surface area contributed by atoms with Crippen LogP contribution in [0.5, 0.6) is 5.75 Å². The molecule has 0 radical (unpaired) electrons. The minimum atomic E-state index is -1.04. The predicted molar refractivity (Wildman–Crippen MR) is 95.6 cm³/mol. The molecule has 1 unspecified atom stereocenters. The van der Waals surface area contributed by atoms with Crippen LogP contribution in [0.2, 0.25) is 0 Å². The van der Waals surface area contributed by atoms with Crippen molar-refractivity contribution in [2.75, 3.05) is 7.11 Å². The molecule has 1 amide bonds. The lowest BCUT2D eigenvalue weighted by Crippen LogP contribution is -2.46. The molecule has 2 aromatic carbocycles. The second-order valence-electron chi connectivity index (χ2n) is 6.26. The molecular formula is C20H23NO4. The van der Waals surface area contributed by atoms with Crippen LogP contribution in [-0.2, 0) is 15.1 Å². The van der Waals surface area contributed by atoms with Crippen LogP contribution in [0.25, 0.3) is 0 Å². The molecule has 0 aliphatic rings. The molecule has 5 nitrogen and oxygen atoms in total. The van der Waals surface area contributed by atoms with Crippen LogP contribution in [0, 0.1) is 0 Å². The number of benzene rings is 2. The van der Waals surface area contributed by atoms with E-state index in [2.05, 4.69) is 5.32 Å². The zero-order valence-electron chi connectivity index (χ0n) is 14.7. The molecule has 0 bridgehead atoms. The van der Waals surface area contributed by atoms with Gasteiger partial charge in [0.05, 0.1) is 25.0 Å². The van der Waals surface area contributed by atoms with Crippen molar-refractivity contribution in [3.05, 3.63) is 65.7 Å². The maximum absolute atomic E-state index is 12.7. The third-order valence-electron chi connectivity index (χ3n) is 4.30. The summed E-state index contributed by atoms with van der Waals surface area (Å²) in [6, 6.07) is 16.5. The first kappa shape index (κ1) is 18.5. The van der Waals surface area contributed by atoms with E-state index in [1.807, 2.05) is 30.3 Å². The van der Waals surface area contributed by atoms with Crippen molar-refractivity contribution in [1.29, 1.82) is 0 Å². The fraction of sp³-hybridized carbons (Fsp3) is 0.300. The van der Waals surface area contributed by atoms with Crippen LogP contribution in [0.15, 0.2) is 54.6 Å². The maximum atomic E-state index is 12.7. The highest BCUT2D eigenvalue weighted by Crippen LogP contribution is 2.29. The summed E-state index contributed by atoms with van der Waals surface area (Å²) in [5, 5.41) is 12.2. The number of carbonyl (C=O) groups is 2. The van der Waals surface area contributed by atoms with Crippen LogP contribution in [0.4, 0.5) is 0 Å². The normalized spacial score (nSPS) is 14.2. The fourth-order valence-corrected chi connectivity index (χ4v) is 2.76. The first-order chi connectivity index (χ1) is 11.9. The Morgan fingerprint density at radius 1 is 1.16 bits per heavy atom. The number of rotatable bonds is 7. The zero-order valence-corrected chi connectivity index (χ0v) is 14.7. The highest BCUT2D eigenvalue weighted by molar-refractivity contribution is 5.84. The summed E-state index contributed by atoms with van der Waals surface area (Å²) in [4.78, 5) is 24.1. The number of carbonyl (C=O) groups excluding carboxylic acids is 1. The highest BCUT2D eigenvalue weighted by atomic mass is 16.5. The number of hydrogen-bond acceptors (Lipinski definition) is 3. The van der Waals surface area contributed by atoms with Crippen molar-refractivity contribution >= 4 is 11.9 Å². The molecule has 0 aliphatic heterocycles. The Balaban J connectivity index is 2.30. The monoisotopic (exact) mass is 341 g/mol. The zero-order chi connectivity index (χ0) is 18.4. The first-order valence-electron chi connectivity index (χ1n) is 8.09. The van der Waals surface area contributed by atoms with Crippen LogP contribution in [-0.4, -0.2) is 24.1 Å². The van der Waals surface area contributed by atoms with Crippen LogP contribution in [0.3, 0.4) is 0 Å². The maximum Gasteiger partial charge on any atom is 0.306 e. The van der Waals surface area contributed by atoms with Gasteiger partial charge in [0.1, 0.15) is 5.75 Å². The molecule has 0 heterocycles. The van der Waals surface area contributed by atoms with Crippen molar-refractivity contribution in [2.45, 2.75) is 31.7 Å². The van der Waals surface area contributed by atoms with E-state index in [-0.39, 0.29) is 18.2 Å². The molecule has 2 rings (SSSR count). The summed E-state index contributed by atoms with van der Waals surface area (Å²) in [5.74, 6) is -0.991. The molecule has 2 aromatic rings. The Morgan fingerprint density at radius 2 is 1.84 bits per heavy atom. The summed E-state index contributed by atoms with van der Waals surface area (Å²) >= 11 is 0. The number of nitrogens with one attached hydrogen (secondary N) is 1. The average Bonchev–Trinajstić information content (AvgIpc) is 2.61. The third kappa shape index (κ3) is 4.59. The van der Waals surface area contributed by atoms with Gasteiger partial charge >= 0.3 is 5.97 Å². The van der Waals surface area contributed by atoms with E-state index in [9.17, 15) is 14.7 Å². The number of ether oxygens (including phenoxy) is 1. The first-order valence-corrected chi connectivity index (χ1v) is 8.09. The van der Waals surface area contributed by atoms with Crippen molar-refractivity contribution in [3.8, 4) is 5.75 Å². The van der Waals surface area contributed by atoms with Gasteiger partial charge in [-0.25, -0.2) is 0 Å². The SMILES string of the molecule is COc1cccc(C(C)(CC(=O)O)NC(=O)[C@H](C)c2ccccc2)c1. The van der Waals surface area contributed by atoms with E-state index in [0.717, 1.165) is 5.56 Å². The van der Waals surface area contributed by atoms with E-state index in [0.29, 0.717) is 11.3 Å². The Morgan fingerprint density at radius 3 is 2.44 bits per heavy atom. The van der Waals surface area contributed by atoms with Gasteiger partial charge in [0.25, 0.3) is 0 Å². The minimum absolute atomic E-state index is 0.224. The van der Waals surface area contributed by atoms with Crippen LogP contribution in [0.1, 0.15) is 37.3 Å². The molecule has 2 atom stereocenters. The largest absolute Gasteiger partial charge is 0.497 e. The summed E-state index contributed by atoms with van der Waals surface area (Å²) in [6.45, 7) is 3.52. The predicted octanol–water partition coefficient (Wildman–Crippen LogP) is 3.31. The second kappa shape index (κ2) is 7.83. The minimum Gasteiger partial charge on any atom is -0.497 e. The summed E-state index contributed by atoms with van der Waals surface area (Å²) in [6.07, 6.45) is -0.229. The van der Waals surface area contributed by atoms with E-state index in [1.54, 1.807) is 45.2 Å². The lowest BCUT2D eigenvalue weighted by atomic mass is 9.87. The van der Waals surface area contributed by atoms with E-state index < -0.39 is 11.5 Å². The molecule has 0 fully saturated rings. The lowest BCUT2D eigenvalue weighted by Gasteiger charge is -2.31. The van der Waals surface area contributed by atoms with Crippen LogP contribution >= 0.6 is 0 Å². The van der Waals surface area contributed by atoms with Gasteiger partial charge in [-0.1, -0.05) is 42.5 Å². The Hall–Kier alpha value is -2.82. The Bertz CT molecular complexity index is 744. The number of methoxy groups -OCH3 is 1. The van der Waals surface area contributed by atoms with E-state index in [1.165, 1.54) is 0 Å². The van der Waals surface area contributed by atoms with E-state index in [4.69, 9.17) is 4.74 Å². The Labute approximate surface area is 147 Å². The molecule has 25 heavy (non-hydrogen) atoms. The topological polar surface area (TPSA) is 75.6 Å². The fourth-order valence-electron chi connectivity index (χ4n) is 2.76. The van der Waals surface area contributed by atoms with Crippen molar-refractivity contribution < 1.29 is 19.4 Å². The van der Waals surface area contributed by atoms with Crippen LogP contribution < -0.4 is 10.1 Å². The van der Waals surface area contributed by atoms with Gasteiger partial charge in [-0.15, -0.1) is 0 Å². The number of hydrogen-bond donors (Lipinski definition) is 2. The van der Waals surface area contributed by atoms with Gasteiger partial charge in [-0.3, -0.25) is 9.59 Å². The number of amides is 1. The number of aliphatic carboxylic acids is 1. The molecular weight excluding hydrogens is 318 g/mol. The molecule has 5 heteroatoms. The Kier molecular flexibility index (Phi) is 5.80. The van der Waals surface area contributed by atoms with Crippen molar-refractivity contribution in [1.82, 2.24) is 5.32 Å². The standard InChI is InChI=1S/C20H23NO4/c1-14(15-8-5-4-6-9-15)19(24)21-20(2,13-18(22)23)16-10-7-11-17(12-16)25-3/h4-12,14H,13H2,1-3H3,(H,21,24)(H,22,23)/t14-,20?/m1/s1. The van der Waals surface area contributed by atoms with Crippen molar-refractivity contribution in [3.63, 3.8) is 0 Å². The van der Waals surface area contributed by atoms with Gasteiger partial charge in [-0.05, 0) is 37.1 Å². The molecule has 0 spiro atoms. The van der Waals surface area contributed by atoms with Gasteiger partial charge in [-0.2, -0.15) is 0 Å². The van der Waals surface area contributed by atoms with Crippen molar-refractivity contribution in [2.24, 2.45) is 0 Å². The van der Waals surface area contributed by atoms with Gasteiger partial charge < -0.3 is 15.2 Å². The molecule has 0 aliphatic carbocycles. The highest BCUT2D eigenvalue weighted by Gasteiger charge is 2.33. The molecule has 0 saturated heterocycles. The lowest BCUT2D eigenvalue weighted by molar-refractivity contribution is -0.139. The molecule has 2 N–H and O–H groups in total. The average molecular weight is 341 g/mol. The van der Waals surface area contributed by atoms with E-state index >= 15 is 0 Å². The van der Waals surface area contributed by atoms with Gasteiger partial charge in [0.2, 0.25) is 5.91 Å². The quantitative estimate of drug-likeness (QED) is 0.810. The number of carboxylic acid groups (broad SMARTS) is 1. The third-order valence-corrected chi connectivity index (χ3v) is 4.30. The smallest absolute Gasteiger partial charge is 0.306 e. The molecule has 0 saturated carbocycles.